The number of hydrogen-bond donors (Lipinski definition) is 0. The number of rotatable bonds is 3. The second-order valence-corrected chi connectivity index (χ2v) is 8.08. The van der Waals surface area contributed by atoms with E-state index in [2.05, 4.69) is 73.3 Å². The summed E-state index contributed by atoms with van der Waals surface area (Å²) in [6, 6.07) is 27.2. The molecule has 1 aliphatic heterocycles. The van der Waals surface area contributed by atoms with E-state index in [9.17, 15) is 4.79 Å². The van der Waals surface area contributed by atoms with Crippen LogP contribution < -0.4 is 4.90 Å². The van der Waals surface area contributed by atoms with Gasteiger partial charge in [0, 0.05) is 23.1 Å². The predicted octanol–water partition coefficient (Wildman–Crippen LogP) is 6.61. The Morgan fingerprint density at radius 3 is 2.31 bits per heavy atom. The lowest BCUT2D eigenvalue weighted by Gasteiger charge is -2.35. The number of halogens is 1. The van der Waals surface area contributed by atoms with Crippen molar-refractivity contribution in [2.24, 2.45) is 0 Å². The molecule has 1 amide bonds. The second-order valence-electron chi connectivity index (χ2n) is 7.54. The van der Waals surface area contributed by atoms with Crippen LogP contribution >= 0.6 is 11.6 Å². The first-order valence-electron chi connectivity index (χ1n) is 9.76. The maximum Gasteiger partial charge on any atom is 0.228 e. The normalized spacial score (nSPS) is 16.2. The van der Waals surface area contributed by atoms with Crippen molar-refractivity contribution in [2.75, 3.05) is 11.4 Å². The summed E-state index contributed by atoms with van der Waals surface area (Å²) >= 11 is 6.10. The fraction of sp³-hybridized carbons (Fsp3) is 0.115. The molecule has 0 bridgehead atoms. The Morgan fingerprint density at radius 2 is 1.55 bits per heavy atom. The summed E-state index contributed by atoms with van der Waals surface area (Å²) in [6.45, 7) is 4.14. The molecule has 1 atom stereocenters. The molecule has 0 spiro atoms. The molecule has 0 saturated carbocycles. The lowest BCUT2D eigenvalue weighted by atomic mass is 9.79. The summed E-state index contributed by atoms with van der Waals surface area (Å²) < 4.78 is 0. The van der Waals surface area contributed by atoms with Gasteiger partial charge in [-0.15, -0.1) is 0 Å². The summed E-state index contributed by atoms with van der Waals surface area (Å²) in [5, 5.41) is 5.20. The zero-order valence-corrected chi connectivity index (χ0v) is 16.7. The van der Waals surface area contributed by atoms with Crippen LogP contribution in [-0.4, -0.2) is 12.5 Å². The van der Waals surface area contributed by atoms with Crippen LogP contribution in [-0.2, 0) is 4.79 Å². The Bertz CT molecular complexity index is 1270. The lowest BCUT2D eigenvalue weighted by Crippen LogP contribution is -2.38. The minimum atomic E-state index is -0.00505. The van der Waals surface area contributed by atoms with Crippen molar-refractivity contribution in [3.8, 4) is 0 Å². The van der Waals surface area contributed by atoms with Crippen LogP contribution in [0, 0.1) is 0 Å². The molecule has 0 N–H and O–H groups in total. The molecule has 3 heteroatoms. The monoisotopic (exact) mass is 397 g/mol. The highest BCUT2D eigenvalue weighted by Gasteiger charge is 2.34. The number of carbonyl (C=O) groups excluding carboxylic acids is 1. The third-order valence-electron chi connectivity index (χ3n) is 5.80. The van der Waals surface area contributed by atoms with Gasteiger partial charge < -0.3 is 4.90 Å². The second kappa shape index (κ2) is 7.06. The molecule has 29 heavy (non-hydrogen) atoms. The third kappa shape index (κ3) is 3.01. The maximum absolute atomic E-state index is 13.2. The molecule has 1 unspecified atom stereocenters. The molecule has 1 heterocycles. The number of fused-ring (bicyclic) bond motifs is 4. The van der Waals surface area contributed by atoms with E-state index in [0.29, 0.717) is 18.0 Å². The number of benzene rings is 4. The van der Waals surface area contributed by atoms with Gasteiger partial charge in [0.15, 0.2) is 0 Å². The van der Waals surface area contributed by atoms with Crippen molar-refractivity contribution in [2.45, 2.75) is 12.3 Å². The Kier molecular flexibility index (Phi) is 4.37. The Hall–Kier alpha value is -3.10. The number of amides is 1. The van der Waals surface area contributed by atoms with E-state index in [0.717, 1.165) is 5.69 Å². The van der Waals surface area contributed by atoms with Gasteiger partial charge in [-0.1, -0.05) is 91.0 Å². The molecule has 142 valence electrons. The van der Waals surface area contributed by atoms with Gasteiger partial charge in [-0.3, -0.25) is 4.79 Å². The van der Waals surface area contributed by atoms with Gasteiger partial charge in [0.1, 0.15) is 0 Å². The zero-order chi connectivity index (χ0) is 20.0. The molecule has 0 aliphatic carbocycles. The van der Waals surface area contributed by atoms with Gasteiger partial charge in [0.2, 0.25) is 5.91 Å². The van der Waals surface area contributed by atoms with Crippen LogP contribution in [0.2, 0.25) is 0 Å². The summed E-state index contributed by atoms with van der Waals surface area (Å²) in [5.41, 5.74) is 3.31. The highest BCUT2D eigenvalue weighted by atomic mass is 35.5. The predicted molar refractivity (Wildman–Crippen MR) is 122 cm³/mol. The van der Waals surface area contributed by atoms with E-state index in [1.807, 2.05) is 12.1 Å². The number of carbonyl (C=O) groups is 1. The maximum atomic E-state index is 13.2. The number of anilines is 1. The first kappa shape index (κ1) is 18.0. The van der Waals surface area contributed by atoms with Gasteiger partial charge >= 0.3 is 0 Å². The summed E-state index contributed by atoms with van der Waals surface area (Å²) in [6.07, 6.45) is 0.416. The quantitative estimate of drug-likeness (QED) is 0.380. The van der Waals surface area contributed by atoms with Gasteiger partial charge in [-0.25, -0.2) is 0 Å². The molecule has 0 radical (unpaired) electrons. The SMILES string of the molecule is C=C(Cl)CN1C(=O)CC(c2cccc3ccccc23)c2c1ccc1ccccc21. The van der Waals surface area contributed by atoms with Crippen molar-refractivity contribution in [3.05, 3.63) is 102 Å². The molecule has 4 aromatic rings. The number of hydrogen-bond acceptors (Lipinski definition) is 1. The first-order valence-corrected chi connectivity index (χ1v) is 10.1. The van der Waals surface area contributed by atoms with Crippen LogP contribution in [0.5, 0.6) is 0 Å². The fourth-order valence-corrected chi connectivity index (χ4v) is 4.69. The minimum Gasteiger partial charge on any atom is -0.307 e. The molecule has 0 fully saturated rings. The lowest BCUT2D eigenvalue weighted by molar-refractivity contribution is -0.119. The topological polar surface area (TPSA) is 20.3 Å². The highest BCUT2D eigenvalue weighted by Crippen LogP contribution is 2.45. The van der Waals surface area contributed by atoms with Gasteiger partial charge in [0.25, 0.3) is 0 Å². The Balaban J connectivity index is 1.81. The van der Waals surface area contributed by atoms with E-state index in [1.54, 1.807) is 4.90 Å². The summed E-state index contributed by atoms with van der Waals surface area (Å²) in [7, 11) is 0. The molecule has 0 aromatic heterocycles. The molecule has 0 saturated heterocycles. The van der Waals surface area contributed by atoms with Crippen molar-refractivity contribution in [3.63, 3.8) is 0 Å². The average molecular weight is 398 g/mol. The van der Waals surface area contributed by atoms with E-state index in [1.165, 1.54) is 32.7 Å². The molecular weight excluding hydrogens is 378 g/mol. The molecule has 4 aromatic carbocycles. The molecule has 5 rings (SSSR count). The van der Waals surface area contributed by atoms with Crippen molar-refractivity contribution in [1.29, 1.82) is 0 Å². The molecular formula is C26H20ClNO. The fourth-order valence-electron chi connectivity index (χ4n) is 4.57. The van der Waals surface area contributed by atoms with Crippen molar-refractivity contribution < 1.29 is 4.79 Å². The average Bonchev–Trinajstić information content (AvgIpc) is 2.74. The summed E-state index contributed by atoms with van der Waals surface area (Å²) in [5.74, 6) is 0.0713. The zero-order valence-electron chi connectivity index (χ0n) is 15.9. The van der Waals surface area contributed by atoms with E-state index >= 15 is 0 Å². The first-order chi connectivity index (χ1) is 14.1. The highest BCUT2D eigenvalue weighted by molar-refractivity contribution is 6.30. The minimum absolute atomic E-state index is 0.00505. The van der Waals surface area contributed by atoms with Crippen LogP contribution in [0.3, 0.4) is 0 Å². The molecule has 2 nitrogen and oxygen atoms in total. The standard InChI is InChI=1S/C26H20ClNO/c1-17(27)16-28-24-14-13-19-8-3-5-11-21(19)26(24)23(15-25(28)29)22-12-6-9-18-7-2-4-10-20(18)22/h2-14,23H,1,15-16H2. The van der Waals surface area contributed by atoms with Crippen molar-refractivity contribution >= 4 is 44.7 Å². The smallest absolute Gasteiger partial charge is 0.228 e. The number of nitrogens with zero attached hydrogens (tertiary/aromatic N) is 1. The van der Waals surface area contributed by atoms with Gasteiger partial charge in [-0.05, 0) is 38.7 Å². The van der Waals surface area contributed by atoms with Gasteiger partial charge in [0.05, 0.1) is 6.54 Å². The Morgan fingerprint density at radius 1 is 0.897 bits per heavy atom. The van der Waals surface area contributed by atoms with Crippen LogP contribution in [0.1, 0.15) is 23.5 Å². The van der Waals surface area contributed by atoms with Gasteiger partial charge in [-0.2, -0.15) is 0 Å². The molecule has 1 aliphatic rings. The van der Waals surface area contributed by atoms with Crippen molar-refractivity contribution in [1.82, 2.24) is 0 Å². The largest absolute Gasteiger partial charge is 0.307 e. The van der Waals surface area contributed by atoms with E-state index in [-0.39, 0.29) is 11.8 Å². The third-order valence-corrected chi connectivity index (χ3v) is 5.91. The Labute approximate surface area is 175 Å². The van der Waals surface area contributed by atoms with E-state index < -0.39 is 0 Å². The van der Waals surface area contributed by atoms with Crippen LogP contribution in [0.4, 0.5) is 5.69 Å². The van der Waals surface area contributed by atoms with E-state index in [4.69, 9.17) is 11.6 Å². The van der Waals surface area contributed by atoms with Crippen LogP contribution in [0.25, 0.3) is 21.5 Å². The van der Waals surface area contributed by atoms with Crippen LogP contribution in [0.15, 0.2) is 90.5 Å². The summed E-state index contributed by atoms with van der Waals surface area (Å²) in [4.78, 5) is 15.0.